The van der Waals surface area contributed by atoms with Crippen molar-refractivity contribution in [1.82, 2.24) is 5.32 Å². The molecule has 0 fully saturated rings. The molecule has 1 rings (SSSR count). The summed E-state index contributed by atoms with van der Waals surface area (Å²) in [6.45, 7) is 0.538. The van der Waals surface area contributed by atoms with Crippen LogP contribution >= 0.6 is 0 Å². The van der Waals surface area contributed by atoms with Gasteiger partial charge < -0.3 is 15.5 Å². The van der Waals surface area contributed by atoms with Crippen molar-refractivity contribution in [1.29, 1.82) is 0 Å². The topological polar surface area (TPSA) is 69.6 Å². The van der Waals surface area contributed by atoms with E-state index in [1.807, 2.05) is 0 Å². The molecule has 0 aliphatic heterocycles. The van der Waals surface area contributed by atoms with Gasteiger partial charge in [0.25, 0.3) is 0 Å². The van der Waals surface area contributed by atoms with Crippen molar-refractivity contribution in [3.05, 3.63) is 35.1 Å². The molecule has 0 aromatic heterocycles. The fraction of sp³-hybridized carbons (Fsp3) is 0.417. The molecule has 2 unspecified atom stereocenters. The lowest BCUT2D eigenvalue weighted by Crippen LogP contribution is -2.24. The number of aliphatic hydroxyl groups excluding tert-OH is 2. The second-order valence-electron chi connectivity index (χ2n) is 3.80. The highest BCUT2D eigenvalue weighted by Gasteiger charge is 2.20. The number of hydrogen-bond donors (Lipinski definition) is 3. The summed E-state index contributed by atoms with van der Waals surface area (Å²) >= 11 is 0. The Bertz CT molecular complexity index is 384. The van der Waals surface area contributed by atoms with Crippen LogP contribution in [0.4, 0.5) is 4.39 Å². The second kappa shape index (κ2) is 6.44. The lowest BCUT2D eigenvalue weighted by molar-refractivity contribution is 0.0137. The molecule has 2 atom stereocenters. The summed E-state index contributed by atoms with van der Waals surface area (Å²) in [7, 11) is 1.73. The third-order valence-corrected chi connectivity index (χ3v) is 2.55. The van der Waals surface area contributed by atoms with Crippen LogP contribution in [0, 0.1) is 5.82 Å². The summed E-state index contributed by atoms with van der Waals surface area (Å²) in [5, 5.41) is 22.4. The van der Waals surface area contributed by atoms with E-state index in [-0.39, 0.29) is 11.1 Å². The Hall–Kier alpha value is -1.30. The average Bonchev–Trinajstić information content (AvgIpc) is 2.34. The fourth-order valence-electron chi connectivity index (χ4n) is 1.57. The van der Waals surface area contributed by atoms with Crippen molar-refractivity contribution >= 4 is 6.29 Å². The second-order valence-corrected chi connectivity index (χ2v) is 3.80. The van der Waals surface area contributed by atoms with E-state index in [0.717, 1.165) is 12.1 Å². The molecule has 0 saturated carbocycles. The summed E-state index contributed by atoms with van der Waals surface area (Å²) in [5.41, 5.74) is 0.297. The van der Waals surface area contributed by atoms with Gasteiger partial charge in [0, 0.05) is 5.56 Å². The Balaban J connectivity index is 2.87. The smallest absolute Gasteiger partial charge is 0.150 e. The molecule has 0 radical (unpaired) electrons. The highest BCUT2D eigenvalue weighted by atomic mass is 19.1. The summed E-state index contributed by atoms with van der Waals surface area (Å²) < 4.78 is 12.9. The maximum atomic E-state index is 12.9. The molecule has 3 N–H and O–H groups in total. The van der Waals surface area contributed by atoms with Gasteiger partial charge in [0.2, 0.25) is 0 Å². The lowest BCUT2D eigenvalue weighted by atomic mass is 9.97. The zero-order chi connectivity index (χ0) is 12.8. The number of benzene rings is 1. The van der Waals surface area contributed by atoms with E-state index < -0.39 is 18.0 Å². The number of carbonyl (C=O) groups excluding carboxylic acids is 1. The monoisotopic (exact) mass is 241 g/mol. The first-order valence-corrected chi connectivity index (χ1v) is 5.35. The first kappa shape index (κ1) is 13.8. The number of aliphatic hydroxyl groups is 2. The zero-order valence-corrected chi connectivity index (χ0v) is 9.56. The highest BCUT2D eigenvalue weighted by Crippen LogP contribution is 2.22. The molecule has 0 saturated heterocycles. The van der Waals surface area contributed by atoms with Crippen molar-refractivity contribution < 1.29 is 19.4 Å². The van der Waals surface area contributed by atoms with Crippen LogP contribution in [-0.2, 0) is 0 Å². The Morgan fingerprint density at radius 3 is 2.76 bits per heavy atom. The summed E-state index contributed by atoms with van der Waals surface area (Å²) in [6.07, 6.45) is -1.38. The number of nitrogens with one attached hydrogen (secondary N) is 1. The van der Waals surface area contributed by atoms with E-state index in [1.165, 1.54) is 6.07 Å². The predicted molar refractivity (Wildman–Crippen MR) is 61.3 cm³/mol. The molecule has 0 heterocycles. The van der Waals surface area contributed by atoms with E-state index in [1.54, 1.807) is 7.05 Å². The van der Waals surface area contributed by atoms with Gasteiger partial charge in [-0.25, -0.2) is 4.39 Å². The van der Waals surface area contributed by atoms with E-state index in [2.05, 4.69) is 5.32 Å². The average molecular weight is 241 g/mol. The van der Waals surface area contributed by atoms with Crippen molar-refractivity contribution in [3.63, 3.8) is 0 Å². The van der Waals surface area contributed by atoms with Crippen LogP contribution in [0.3, 0.4) is 0 Å². The number of carbonyl (C=O) groups is 1. The largest absolute Gasteiger partial charge is 0.390 e. The Labute approximate surface area is 99.1 Å². The van der Waals surface area contributed by atoms with Gasteiger partial charge in [-0.05, 0) is 37.7 Å². The number of rotatable bonds is 6. The number of hydrogen-bond acceptors (Lipinski definition) is 4. The van der Waals surface area contributed by atoms with Crippen LogP contribution in [-0.4, -0.2) is 36.2 Å². The van der Waals surface area contributed by atoms with Crippen LogP contribution < -0.4 is 5.32 Å². The molecule has 1 aromatic carbocycles. The molecule has 1 aromatic rings. The van der Waals surface area contributed by atoms with Gasteiger partial charge in [-0.15, -0.1) is 0 Å². The lowest BCUT2D eigenvalue weighted by Gasteiger charge is -2.19. The minimum Gasteiger partial charge on any atom is -0.390 e. The Morgan fingerprint density at radius 2 is 2.18 bits per heavy atom. The third kappa shape index (κ3) is 3.59. The molecular weight excluding hydrogens is 225 g/mol. The predicted octanol–water partition coefficient (Wildman–Crippen LogP) is 0.642. The summed E-state index contributed by atoms with van der Waals surface area (Å²) in [5.74, 6) is -0.548. The van der Waals surface area contributed by atoms with Gasteiger partial charge in [0.05, 0.1) is 6.10 Å². The zero-order valence-electron chi connectivity index (χ0n) is 9.56. The van der Waals surface area contributed by atoms with Crippen molar-refractivity contribution in [2.24, 2.45) is 0 Å². The molecule has 94 valence electrons. The van der Waals surface area contributed by atoms with E-state index in [0.29, 0.717) is 19.3 Å². The SMILES string of the molecule is CNCCC(O)C(O)c1ccc(F)cc1C=O. The molecule has 0 aliphatic carbocycles. The van der Waals surface area contributed by atoms with Gasteiger partial charge in [0.1, 0.15) is 11.9 Å². The standard InChI is InChI=1S/C12H16FNO3/c1-14-5-4-11(16)12(17)10-3-2-9(13)6-8(10)7-15/h2-3,6-7,11-12,14,16-17H,4-5H2,1H3. The first-order valence-electron chi connectivity index (χ1n) is 5.35. The minimum absolute atomic E-state index is 0.0565. The van der Waals surface area contributed by atoms with E-state index in [9.17, 15) is 19.4 Å². The van der Waals surface area contributed by atoms with Crippen LogP contribution in [0.5, 0.6) is 0 Å². The number of aldehydes is 1. The normalized spacial score (nSPS) is 14.4. The Kier molecular flexibility index (Phi) is 5.21. The van der Waals surface area contributed by atoms with E-state index >= 15 is 0 Å². The van der Waals surface area contributed by atoms with Gasteiger partial charge in [-0.3, -0.25) is 4.79 Å². The molecule has 5 heteroatoms. The van der Waals surface area contributed by atoms with Gasteiger partial charge in [0.15, 0.2) is 6.29 Å². The van der Waals surface area contributed by atoms with Crippen LogP contribution in [0.2, 0.25) is 0 Å². The van der Waals surface area contributed by atoms with Crippen molar-refractivity contribution in [3.8, 4) is 0 Å². The Morgan fingerprint density at radius 1 is 1.47 bits per heavy atom. The molecule has 4 nitrogen and oxygen atoms in total. The van der Waals surface area contributed by atoms with Crippen LogP contribution in [0.1, 0.15) is 28.4 Å². The molecule has 0 spiro atoms. The van der Waals surface area contributed by atoms with Crippen molar-refractivity contribution in [2.45, 2.75) is 18.6 Å². The van der Waals surface area contributed by atoms with Gasteiger partial charge in [-0.1, -0.05) is 6.07 Å². The van der Waals surface area contributed by atoms with E-state index in [4.69, 9.17) is 0 Å². The summed E-state index contributed by atoms with van der Waals surface area (Å²) in [4.78, 5) is 10.7. The maximum absolute atomic E-state index is 12.9. The van der Waals surface area contributed by atoms with Crippen LogP contribution in [0.15, 0.2) is 18.2 Å². The molecule has 0 amide bonds. The molecule has 17 heavy (non-hydrogen) atoms. The van der Waals surface area contributed by atoms with Crippen molar-refractivity contribution in [2.75, 3.05) is 13.6 Å². The third-order valence-electron chi connectivity index (χ3n) is 2.55. The first-order chi connectivity index (χ1) is 8.10. The quantitative estimate of drug-likeness (QED) is 0.639. The number of halogens is 1. The highest BCUT2D eigenvalue weighted by molar-refractivity contribution is 5.77. The van der Waals surface area contributed by atoms with Crippen LogP contribution in [0.25, 0.3) is 0 Å². The molecular formula is C12H16FNO3. The molecule has 0 bridgehead atoms. The fourth-order valence-corrected chi connectivity index (χ4v) is 1.57. The van der Waals surface area contributed by atoms with Gasteiger partial charge >= 0.3 is 0 Å². The van der Waals surface area contributed by atoms with Gasteiger partial charge in [-0.2, -0.15) is 0 Å². The molecule has 0 aliphatic rings. The minimum atomic E-state index is -1.19. The maximum Gasteiger partial charge on any atom is 0.150 e. The summed E-state index contributed by atoms with van der Waals surface area (Å²) in [6, 6.07) is 3.50.